The summed E-state index contributed by atoms with van der Waals surface area (Å²) in [6.07, 6.45) is -3.51. The number of halogens is 3. The van der Waals surface area contributed by atoms with Crippen molar-refractivity contribution in [1.29, 1.82) is 0 Å². The van der Waals surface area contributed by atoms with Crippen molar-refractivity contribution in [2.45, 2.75) is 6.18 Å². The van der Waals surface area contributed by atoms with Crippen LogP contribution in [-0.4, -0.2) is 25.7 Å². The fourth-order valence-corrected chi connectivity index (χ4v) is 1.20. The quantitative estimate of drug-likeness (QED) is 0.806. The van der Waals surface area contributed by atoms with E-state index in [0.29, 0.717) is 10.6 Å². The first-order valence-electron chi connectivity index (χ1n) is 4.05. The van der Waals surface area contributed by atoms with E-state index in [2.05, 4.69) is 10.1 Å². The lowest BCUT2D eigenvalue weighted by molar-refractivity contribution is -0.141. The van der Waals surface area contributed by atoms with Crippen LogP contribution in [0.25, 0.3) is 5.65 Å². The molecular weight excluding hydrogens is 227 g/mol. The second kappa shape index (κ2) is 3.19. The summed E-state index contributed by atoms with van der Waals surface area (Å²) in [6, 6.07) is 1.76. The fourth-order valence-electron chi connectivity index (χ4n) is 1.20. The molecule has 84 valence electrons. The Morgan fingerprint density at radius 1 is 1.44 bits per heavy atom. The number of fused-ring (bicyclic) bond motifs is 1. The van der Waals surface area contributed by atoms with Crippen molar-refractivity contribution in [3.8, 4) is 0 Å². The first kappa shape index (κ1) is 10.4. The zero-order valence-corrected chi connectivity index (χ0v) is 7.56. The molecule has 0 aliphatic rings. The van der Waals surface area contributed by atoms with Gasteiger partial charge in [0.05, 0.1) is 0 Å². The molecule has 2 aromatic rings. The number of carbonyl (C=O) groups is 1. The molecule has 0 bridgehead atoms. The Morgan fingerprint density at radius 3 is 2.69 bits per heavy atom. The lowest BCUT2D eigenvalue weighted by Gasteiger charge is -1.99. The van der Waals surface area contributed by atoms with Crippen molar-refractivity contribution < 1.29 is 23.1 Å². The molecule has 0 aromatic carbocycles. The number of hydrogen-bond donors (Lipinski definition) is 1. The summed E-state index contributed by atoms with van der Waals surface area (Å²) in [7, 11) is 0. The van der Waals surface area contributed by atoms with Gasteiger partial charge in [0.15, 0.2) is 17.0 Å². The molecule has 0 radical (unpaired) electrons. The van der Waals surface area contributed by atoms with Gasteiger partial charge in [0.25, 0.3) is 0 Å². The molecule has 16 heavy (non-hydrogen) atoms. The van der Waals surface area contributed by atoms with Crippen molar-refractivity contribution in [2.24, 2.45) is 0 Å². The second-order valence-electron chi connectivity index (χ2n) is 2.93. The zero-order chi connectivity index (χ0) is 11.9. The summed E-state index contributed by atoms with van der Waals surface area (Å²) < 4.78 is 37.6. The number of nitrogens with zero attached hydrogens (tertiary/aromatic N) is 3. The van der Waals surface area contributed by atoms with Gasteiger partial charge in [-0.15, -0.1) is 0 Å². The van der Waals surface area contributed by atoms with Gasteiger partial charge in [0.1, 0.15) is 0 Å². The Hall–Kier alpha value is -2.12. The molecule has 0 spiro atoms. The highest BCUT2D eigenvalue weighted by Crippen LogP contribution is 2.28. The first-order chi connectivity index (χ1) is 7.39. The van der Waals surface area contributed by atoms with Crippen LogP contribution >= 0.6 is 0 Å². The number of carboxylic acid groups (broad SMARTS) is 1. The summed E-state index contributed by atoms with van der Waals surface area (Å²) in [5.41, 5.74) is -1.71. The van der Waals surface area contributed by atoms with Crippen LogP contribution in [0.4, 0.5) is 13.2 Å². The SMILES string of the molecule is O=C(O)c1ccnc2cc(C(F)(F)F)nn12. The largest absolute Gasteiger partial charge is 0.477 e. The van der Waals surface area contributed by atoms with Crippen molar-refractivity contribution >= 4 is 11.6 Å². The molecule has 0 fully saturated rings. The Balaban J connectivity index is 2.71. The van der Waals surface area contributed by atoms with Crippen LogP contribution in [0.5, 0.6) is 0 Å². The Labute approximate surface area is 86.1 Å². The third-order valence-electron chi connectivity index (χ3n) is 1.87. The van der Waals surface area contributed by atoms with Crippen molar-refractivity contribution in [3.63, 3.8) is 0 Å². The van der Waals surface area contributed by atoms with E-state index in [1.807, 2.05) is 0 Å². The van der Waals surface area contributed by atoms with Crippen LogP contribution < -0.4 is 0 Å². The molecule has 5 nitrogen and oxygen atoms in total. The standard InChI is InChI=1S/C8H4F3N3O2/c9-8(10,11)5-3-6-12-2-1-4(7(15)16)14(6)13-5/h1-3H,(H,15,16). The average molecular weight is 231 g/mol. The van der Waals surface area contributed by atoms with E-state index in [9.17, 15) is 18.0 Å². The molecule has 0 saturated carbocycles. The maximum Gasteiger partial charge on any atom is 0.435 e. The summed E-state index contributed by atoms with van der Waals surface area (Å²) in [4.78, 5) is 14.3. The van der Waals surface area contributed by atoms with Gasteiger partial charge in [-0.2, -0.15) is 18.3 Å². The second-order valence-corrected chi connectivity index (χ2v) is 2.93. The molecule has 0 amide bonds. The lowest BCUT2D eigenvalue weighted by Crippen LogP contribution is -2.09. The van der Waals surface area contributed by atoms with Gasteiger partial charge >= 0.3 is 12.1 Å². The van der Waals surface area contributed by atoms with E-state index in [-0.39, 0.29) is 11.3 Å². The van der Waals surface area contributed by atoms with Crippen LogP contribution in [0.2, 0.25) is 0 Å². The highest BCUT2D eigenvalue weighted by atomic mass is 19.4. The summed E-state index contributed by atoms with van der Waals surface area (Å²) in [5.74, 6) is -1.37. The lowest BCUT2D eigenvalue weighted by atomic mass is 10.4. The molecular formula is C8H4F3N3O2. The molecule has 2 rings (SSSR count). The van der Waals surface area contributed by atoms with Crippen LogP contribution in [-0.2, 0) is 6.18 Å². The minimum atomic E-state index is -4.62. The minimum Gasteiger partial charge on any atom is -0.477 e. The molecule has 0 aliphatic carbocycles. The molecule has 0 aliphatic heterocycles. The number of rotatable bonds is 1. The molecule has 2 heterocycles. The Morgan fingerprint density at radius 2 is 2.12 bits per heavy atom. The fraction of sp³-hybridized carbons (Fsp3) is 0.125. The van der Waals surface area contributed by atoms with Crippen LogP contribution in [0, 0.1) is 0 Å². The molecule has 0 atom stereocenters. The smallest absolute Gasteiger partial charge is 0.435 e. The van der Waals surface area contributed by atoms with Gasteiger partial charge in [-0.05, 0) is 6.07 Å². The van der Waals surface area contributed by atoms with Gasteiger partial charge in [-0.25, -0.2) is 14.3 Å². The maximum absolute atomic E-state index is 12.3. The molecule has 0 saturated heterocycles. The normalized spacial score (nSPS) is 11.9. The van der Waals surface area contributed by atoms with Gasteiger partial charge < -0.3 is 5.11 Å². The summed E-state index contributed by atoms with van der Waals surface area (Å²) >= 11 is 0. The van der Waals surface area contributed by atoms with E-state index >= 15 is 0 Å². The number of aromatic carboxylic acids is 1. The predicted molar refractivity (Wildman–Crippen MR) is 44.9 cm³/mol. The molecule has 8 heteroatoms. The van der Waals surface area contributed by atoms with Crippen LogP contribution in [0.3, 0.4) is 0 Å². The topological polar surface area (TPSA) is 67.5 Å². The number of hydrogen-bond acceptors (Lipinski definition) is 3. The van der Waals surface area contributed by atoms with Crippen molar-refractivity contribution in [3.05, 3.63) is 29.7 Å². The summed E-state index contributed by atoms with van der Waals surface area (Å²) in [6.45, 7) is 0. The number of aromatic nitrogens is 3. The monoisotopic (exact) mass is 231 g/mol. The highest BCUT2D eigenvalue weighted by molar-refractivity contribution is 5.86. The predicted octanol–water partition coefficient (Wildman–Crippen LogP) is 1.45. The third-order valence-corrected chi connectivity index (χ3v) is 1.87. The summed E-state index contributed by atoms with van der Waals surface area (Å²) in [5, 5.41) is 11.9. The van der Waals surface area contributed by atoms with E-state index in [1.165, 1.54) is 0 Å². The average Bonchev–Trinajstić information content (AvgIpc) is 2.59. The van der Waals surface area contributed by atoms with E-state index in [4.69, 9.17) is 5.11 Å². The van der Waals surface area contributed by atoms with E-state index in [0.717, 1.165) is 12.3 Å². The molecule has 0 unspecified atom stereocenters. The van der Waals surface area contributed by atoms with Gasteiger partial charge in [0, 0.05) is 12.3 Å². The van der Waals surface area contributed by atoms with Gasteiger partial charge in [-0.3, -0.25) is 0 Å². The zero-order valence-electron chi connectivity index (χ0n) is 7.56. The molecule has 1 N–H and O–H groups in total. The van der Waals surface area contributed by atoms with Crippen molar-refractivity contribution in [2.75, 3.05) is 0 Å². The van der Waals surface area contributed by atoms with Gasteiger partial charge in [-0.1, -0.05) is 0 Å². The highest BCUT2D eigenvalue weighted by Gasteiger charge is 2.34. The van der Waals surface area contributed by atoms with Gasteiger partial charge in [0.2, 0.25) is 0 Å². The Bertz CT molecular complexity index is 561. The first-order valence-corrected chi connectivity index (χ1v) is 4.05. The Kier molecular flexibility index (Phi) is 2.07. The van der Waals surface area contributed by atoms with E-state index < -0.39 is 17.8 Å². The molecule has 2 aromatic heterocycles. The number of alkyl halides is 3. The van der Waals surface area contributed by atoms with E-state index in [1.54, 1.807) is 0 Å². The minimum absolute atomic E-state index is 0.160. The van der Waals surface area contributed by atoms with Crippen molar-refractivity contribution in [1.82, 2.24) is 14.6 Å². The maximum atomic E-state index is 12.3. The number of carboxylic acids is 1. The third kappa shape index (κ3) is 1.58. The van der Waals surface area contributed by atoms with Crippen LogP contribution in [0.1, 0.15) is 16.2 Å². The van der Waals surface area contributed by atoms with Crippen LogP contribution in [0.15, 0.2) is 18.3 Å².